The molecule has 0 saturated heterocycles. The molecule has 3 nitrogen and oxygen atoms in total. The predicted octanol–water partition coefficient (Wildman–Crippen LogP) is 1.58. The molecule has 0 aromatic heterocycles. The summed E-state index contributed by atoms with van der Waals surface area (Å²) in [5, 5.41) is 0. The Bertz CT molecular complexity index is 339. The third kappa shape index (κ3) is 2.68. The number of carbonyl (C=O) groups is 1. The van der Waals surface area contributed by atoms with E-state index in [2.05, 4.69) is 22.6 Å². The van der Waals surface area contributed by atoms with Crippen molar-refractivity contribution < 1.29 is 9.53 Å². The zero-order valence-corrected chi connectivity index (χ0v) is 10.1. The van der Waals surface area contributed by atoms with Crippen LogP contribution in [0.3, 0.4) is 0 Å². The van der Waals surface area contributed by atoms with Gasteiger partial charge in [-0.25, -0.2) is 4.79 Å². The van der Waals surface area contributed by atoms with Crippen LogP contribution in [0.1, 0.15) is 15.9 Å². The first-order chi connectivity index (χ1) is 6.69. The minimum atomic E-state index is -0.299. The van der Waals surface area contributed by atoms with Crippen molar-refractivity contribution in [1.82, 2.24) is 0 Å². The number of esters is 1. The quantitative estimate of drug-likeness (QED) is 0.681. The molecule has 1 rings (SSSR count). The van der Waals surface area contributed by atoms with E-state index in [0.29, 0.717) is 18.5 Å². The third-order valence-corrected chi connectivity index (χ3v) is 2.56. The minimum absolute atomic E-state index is 0.299. The van der Waals surface area contributed by atoms with E-state index in [-0.39, 0.29) is 5.97 Å². The minimum Gasteiger partial charge on any atom is -0.465 e. The molecule has 0 spiro atoms. The molecule has 1 aromatic carbocycles. The first-order valence-corrected chi connectivity index (χ1v) is 5.33. The molecule has 0 fully saturated rings. The van der Waals surface area contributed by atoms with Gasteiger partial charge in [-0.2, -0.15) is 0 Å². The van der Waals surface area contributed by atoms with Crippen LogP contribution in [0.25, 0.3) is 0 Å². The fourth-order valence-corrected chi connectivity index (χ4v) is 1.71. The summed E-state index contributed by atoms with van der Waals surface area (Å²) in [7, 11) is 1.38. The van der Waals surface area contributed by atoms with Crippen LogP contribution >= 0.6 is 22.6 Å². The van der Waals surface area contributed by atoms with Crippen LogP contribution < -0.4 is 5.73 Å². The van der Waals surface area contributed by atoms with Crippen molar-refractivity contribution in [2.45, 2.75) is 6.42 Å². The zero-order valence-electron chi connectivity index (χ0n) is 7.92. The number of hydrogen-bond acceptors (Lipinski definition) is 3. The van der Waals surface area contributed by atoms with Crippen LogP contribution in [0.2, 0.25) is 0 Å². The van der Waals surface area contributed by atoms with Crippen LogP contribution in [0.4, 0.5) is 0 Å². The Balaban J connectivity index is 3.08. The highest BCUT2D eigenvalue weighted by Gasteiger charge is 2.11. The number of rotatable bonds is 3. The summed E-state index contributed by atoms with van der Waals surface area (Å²) >= 11 is 2.16. The van der Waals surface area contributed by atoms with E-state index < -0.39 is 0 Å². The summed E-state index contributed by atoms with van der Waals surface area (Å²) in [6.07, 6.45) is 0.696. The second kappa shape index (κ2) is 5.31. The molecule has 76 valence electrons. The van der Waals surface area contributed by atoms with Crippen molar-refractivity contribution in [2.75, 3.05) is 13.7 Å². The van der Waals surface area contributed by atoms with E-state index in [1.807, 2.05) is 18.2 Å². The highest BCUT2D eigenvalue weighted by Crippen LogP contribution is 2.15. The Labute approximate surface area is 96.8 Å². The number of hydrogen-bond donors (Lipinski definition) is 1. The van der Waals surface area contributed by atoms with Gasteiger partial charge in [0.1, 0.15) is 0 Å². The second-order valence-corrected chi connectivity index (χ2v) is 4.08. The third-order valence-electron chi connectivity index (χ3n) is 1.89. The van der Waals surface area contributed by atoms with Crippen molar-refractivity contribution >= 4 is 28.6 Å². The van der Waals surface area contributed by atoms with E-state index in [1.165, 1.54) is 7.11 Å². The molecule has 14 heavy (non-hydrogen) atoms. The van der Waals surface area contributed by atoms with Crippen molar-refractivity contribution in [1.29, 1.82) is 0 Å². The number of carbonyl (C=O) groups excluding carboxylic acids is 1. The smallest absolute Gasteiger partial charge is 0.338 e. The molecule has 0 atom stereocenters. The van der Waals surface area contributed by atoms with Crippen molar-refractivity contribution in [3.05, 3.63) is 32.9 Å². The van der Waals surface area contributed by atoms with Gasteiger partial charge < -0.3 is 10.5 Å². The average Bonchev–Trinajstić information content (AvgIpc) is 2.20. The lowest BCUT2D eigenvalue weighted by Gasteiger charge is -2.06. The monoisotopic (exact) mass is 305 g/mol. The number of ether oxygens (including phenoxy) is 1. The van der Waals surface area contributed by atoms with E-state index in [0.717, 1.165) is 9.13 Å². The van der Waals surface area contributed by atoms with Crippen molar-refractivity contribution in [3.63, 3.8) is 0 Å². The zero-order chi connectivity index (χ0) is 10.6. The topological polar surface area (TPSA) is 52.3 Å². The average molecular weight is 305 g/mol. The largest absolute Gasteiger partial charge is 0.465 e. The van der Waals surface area contributed by atoms with Gasteiger partial charge in [-0.15, -0.1) is 0 Å². The van der Waals surface area contributed by atoms with E-state index in [1.54, 1.807) is 0 Å². The summed E-state index contributed by atoms with van der Waals surface area (Å²) in [6, 6.07) is 5.69. The van der Waals surface area contributed by atoms with Crippen LogP contribution in [-0.2, 0) is 11.2 Å². The van der Waals surface area contributed by atoms with Crippen molar-refractivity contribution in [3.8, 4) is 0 Å². The molecule has 0 saturated carbocycles. The predicted molar refractivity (Wildman–Crippen MR) is 63.3 cm³/mol. The Hall–Kier alpha value is -0.620. The Kier molecular flexibility index (Phi) is 4.34. The van der Waals surface area contributed by atoms with Gasteiger partial charge in [-0.3, -0.25) is 0 Å². The van der Waals surface area contributed by atoms with Gasteiger partial charge in [0.05, 0.1) is 12.7 Å². The molecule has 0 unspecified atom stereocenters. The fourth-order valence-electron chi connectivity index (χ4n) is 1.22. The summed E-state index contributed by atoms with van der Waals surface area (Å²) in [5.74, 6) is -0.299. The van der Waals surface area contributed by atoms with Crippen LogP contribution in [0.15, 0.2) is 18.2 Å². The Morgan fingerprint density at radius 3 is 2.86 bits per heavy atom. The molecule has 0 aliphatic carbocycles. The Morgan fingerprint density at radius 1 is 1.57 bits per heavy atom. The molecule has 0 amide bonds. The van der Waals surface area contributed by atoms with Gasteiger partial charge in [0.25, 0.3) is 0 Å². The maximum Gasteiger partial charge on any atom is 0.338 e. The molecule has 0 aliphatic heterocycles. The lowest BCUT2D eigenvalue weighted by atomic mass is 10.1. The molecular formula is C10H12INO2. The first-order valence-electron chi connectivity index (χ1n) is 4.26. The molecule has 0 radical (unpaired) electrons. The Morgan fingerprint density at radius 2 is 2.29 bits per heavy atom. The SMILES string of the molecule is COC(=O)c1cc(I)ccc1CCN. The number of nitrogens with two attached hydrogens (primary N) is 1. The standard InChI is InChI=1S/C10H12INO2/c1-14-10(13)9-6-8(11)3-2-7(9)4-5-12/h2-3,6H,4-5,12H2,1H3. The second-order valence-electron chi connectivity index (χ2n) is 2.83. The number of benzene rings is 1. The lowest BCUT2D eigenvalue weighted by molar-refractivity contribution is 0.0599. The lowest BCUT2D eigenvalue weighted by Crippen LogP contribution is -2.10. The van der Waals surface area contributed by atoms with Gasteiger partial charge in [0, 0.05) is 3.57 Å². The molecule has 0 aliphatic rings. The molecular weight excluding hydrogens is 293 g/mol. The van der Waals surface area contributed by atoms with Crippen LogP contribution in [-0.4, -0.2) is 19.6 Å². The van der Waals surface area contributed by atoms with Gasteiger partial charge in [0.2, 0.25) is 0 Å². The molecule has 0 heterocycles. The highest BCUT2D eigenvalue weighted by molar-refractivity contribution is 14.1. The molecule has 1 aromatic rings. The van der Waals surface area contributed by atoms with Crippen molar-refractivity contribution in [2.24, 2.45) is 5.73 Å². The van der Waals surface area contributed by atoms with E-state index >= 15 is 0 Å². The van der Waals surface area contributed by atoms with Gasteiger partial charge >= 0.3 is 5.97 Å². The molecule has 2 N–H and O–H groups in total. The molecule has 4 heteroatoms. The summed E-state index contributed by atoms with van der Waals surface area (Å²) in [4.78, 5) is 11.4. The maximum atomic E-state index is 11.4. The van der Waals surface area contributed by atoms with E-state index in [9.17, 15) is 4.79 Å². The van der Waals surface area contributed by atoms with Gasteiger partial charge in [-0.05, 0) is 53.3 Å². The van der Waals surface area contributed by atoms with E-state index in [4.69, 9.17) is 10.5 Å². The number of halogens is 1. The van der Waals surface area contributed by atoms with Crippen LogP contribution in [0.5, 0.6) is 0 Å². The summed E-state index contributed by atoms with van der Waals surface area (Å²) in [6.45, 7) is 0.532. The first kappa shape index (κ1) is 11.5. The van der Waals surface area contributed by atoms with Crippen LogP contribution in [0, 0.1) is 3.57 Å². The maximum absolute atomic E-state index is 11.4. The summed E-state index contributed by atoms with van der Waals surface area (Å²) in [5.41, 5.74) is 7.01. The summed E-state index contributed by atoms with van der Waals surface area (Å²) < 4.78 is 5.71. The van der Waals surface area contributed by atoms with Gasteiger partial charge in [-0.1, -0.05) is 6.07 Å². The molecule has 0 bridgehead atoms. The fraction of sp³-hybridized carbons (Fsp3) is 0.300. The van der Waals surface area contributed by atoms with Gasteiger partial charge in [0.15, 0.2) is 0 Å². The number of methoxy groups -OCH3 is 1. The normalized spacial score (nSPS) is 9.93. The highest BCUT2D eigenvalue weighted by atomic mass is 127.